The van der Waals surface area contributed by atoms with Crippen molar-refractivity contribution >= 4 is 49.6 Å². The number of allylic oxidation sites excluding steroid dienone is 4. The average molecular weight is 881 g/mol. The molecule has 0 radical (unpaired) electrons. The van der Waals surface area contributed by atoms with Crippen molar-refractivity contribution in [3.8, 4) is 22.3 Å². The van der Waals surface area contributed by atoms with E-state index in [4.69, 9.17) is 0 Å². The van der Waals surface area contributed by atoms with E-state index in [2.05, 4.69) is 207 Å². The van der Waals surface area contributed by atoms with Crippen LogP contribution in [0.5, 0.6) is 0 Å². The van der Waals surface area contributed by atoms with E-state index >= 15 is 0 Å². The molecule has 0 spiro atoms. The van der Waals surface area contributed by atoms with Gasteiger partial charge in [0.05, 0.1) is 0 Å². The van der Waals surface area contributed by atoms with E-state index in [1.165, 1.54) is 77.2 Å². The first-order valence-corrected chi connectivity index (χ1v) is 21.2. The Bertz CT molecular complexity index is 2280. The molecule has 0 saturated carbocycles. The van der Waals surface area contributed by atoms with Crippen molar-refractivity contribution < 1.29 is 24.2 Å². The first-order valence-electron chi connectivity index (χ1n) is 20.0. The standard InChI is InChI=1S/C35H37.C15H14.C5H5.2ClH.Zr/c1-22-9-13-24(14-10-22)30-18-26-17-27-19-31(25-15-11-23(2)12-16-25)33(35(6,7)8)21-29(27)28(26)20-32(30)34(3,4)5;1-3-8-14(9-4-1)12-7-13-15-10-5-2-6-11-15;1-2-4-5-3-1;;;/h9-21H,1-8H3;1-6,8-11H,12-13H2;1-3H,4H2;2*1H;/q-1;;-1;;;+2. The first kappa shape index (κ1) is 46.7. The number of hydrogen-bond acceptors (Lipinski definition) is 0. The van der Waals surface area contributed by atoms with Crippen LogP contribution in [0.25, 0.3) is 43.8 Å². The molecule has 0 unspecified atom stereocenters. The van der Waals surface area contributed by atoms with Gasteiger partial charge in [0.25, 0.3) is 0 Å². The number of aryl methyl sites for hydroxylation is 2. The average Bonchev–Trinajstić information content (AvgIpc) is 3.87. The molecule has 1 aliphatic rings. The van der Waals surface area contributed by atoms with Crippen molar-refractivity contribution in [3.63, 3.8) is 0 Å². The second-order valence-electron chi connectivity index (χ2n) is 17.3. The number of halogens is 2. The van der Waals surface area contributed by atoms with E-state index in [1.807, 2.05) is 12.2 Å². The summed E-state index contributed by atoms with van der Waals surface area (Å²) in [4.78, 5) is 0. The Hall–Kier alpha value is -4.00. The summed E-state index contributed by atoms with van der Waals surface area (Å²) >= 11 is 1.55. The minimum atomic E-state index is 0. The van der Waals surface area contributed by atoms with E-state index in [0.717, 1.165) is 19.3 Å². The van der Waals surface area contributed by atoms with E-state index < -0.39 is 0 Å². The molecular weight excluding hydrogens is 823 g/mol. The number of benzene rings is 6. The SMILES string of the molecule is Cc1ccc(-c2cc3[cH-]c4cc(-c5ccc(C)cc5)c(C(C)(C)C)cc4c3cc2C(C)(C)C)cc1.Cl.Cl.[C-]1=CC=CC1.[Zr+2]=[C](Cc1ccccc1)Cc1ccccc1. The predicted molar refractivity (Wildman–Crippen MR) is 256 cm³/mol. The Labute approximate surface area is 376 Å². The summed E-state index contributed by atoms with van der Waals surface area (Å²) in [6, 6.07) is 51.5. The summed E-state index contributed by atoms with van der Waals surface area (Å²) < 4.78 is 1.60. The van der Waals surface area contributed by atoms with Gasteiger partial charge in [-0.15, -0.1) is 71.0 Å². The van der Waals surface area contributed by atoms with Crippen LogP contribution in [0.15, 0.2) is 158 Å². The summed E-state index contributed by atoms with van der Waals surface area (Å²) in [5.41, 5.74) is 13.6. The van der Waals surface area contributed by atoms with Gasteiger partial charge in [-0.05, 0) is 58.1 Å². The van der Waals surface area contributed by atoms with Gasteiger partial charge in [0, 0.05) is 0 Å². The second-order valence-corrected chi connectivity index (χ2v) is 19.0. The molecule has 0 bridgehead atoms. The number of hydrogen-bond donors (Lipinski definition) is 0. The van der Waals surface area contributed by atoms with Crippen LogP contribution in [0.3, 0.4) is 0 Å². The molecule has 1 aliphatic carbocycles. The van der Waals surface area contributed by atoms with Crippen LogP contribution in [0.2, 0.25) is 0 Å². The molecule has 0 nitrogen and oxygen atoms in total. The summed E-state index contributed by atoms with van der Waals surface area (Å²) in [6.07, 6.45) is 12.2. The fraction of sp³-hybridized carbons (Fsp3) is 0.236. The molecule has 0 fully saturated rings. The molecule has 7 aromatic carbocycles. The normalized spacial score (nSPS) is 11.9. The van der Waals surface area contributed by atoms with Gasteiger partial charge in [0.2, 0.25) is 0 Å². The number of rotatable bonds is 6. The van der Waals surface area contributed by atoms with Gasteiger partial charge in [0.1, 0.15) is 0 Å². The van der Waals surface area contributed by atoms with Crippen LogP contribution in [0, 0.1) is 19.9 Å². The van der Waals surface area contributed by atoms with Gasteiger partial charge in [-0.25, -0.2) is 12.2 Å². The van der Waals surface area contributed by atoms with Gasteiger partial charge in [0.15, 0.2) is 0 Å². The quantitative estimate of drug-likeness (QED) is 0.146. The van der Waals surface area contributed by atoms with Crippen molar-refractivity contribution in [3.05, 3.63) is 197 Å². The summed E-state index contributed by atoms with van der Waals surface area (Å²) in [5.74, 6) is 0. The molecule has 0 amide bonds. The maximum absolute atomic E-state index is 2.99. The van der Waals surface area contributed by atoms with Gasteiger partial charge >= 0.3 is 112 Å². The van der Waals surface area contributed by atoms with Crippen LogP contribution < -0.4 is 0 Å². The third-order valence-electron chi connectivity index (χ3n) is 10.4. The van der Waals surface area contributed by atoms with Gasteiger partial charge in [-0.2, -0.15) is 6.08 Å². The maximum atomic E-state index is 2.99. The first-order chi connectivity index (χ1) is 26.8. The second kappa shape index (κ2) is 20.8. The van der Waals surface area contributed by atoms with Gasteiger partial charge < -0.3 is 0 Å². The molecule has 7 aromatic rings. The fourth-order valence-electron chi connectivity index (χ4n) is 7.38. The van der Waals surface area contributed by atoms with Crippen molar-refractivity contribution in [2.24, 2.45) is 0 Å². The molecular formula is C55H58Cl2Zr. The van der Waals surface area contributed by atoms with Crippen molar-refractivity contribution in [2.45, 2.75) is 85.5 Å². The number of fused-ring (bicyclic) bond motifs is 3. The molecule has 0 N–H and O–H groups in total. The van der Waals surface area contributed by atoms with E-state index in [-0.39, 0.29) is 35.6 Å². The Morgan fingerprint density at radius 3 is 1.28 bits per heavy atom. The predicted octanol–water partition coefficient (Wildman–Crippen LogP) is 15.6. The molecule has 3 heteroatoms. The third-order valence-corrected chi connectivity index (χ3v) is 11.3. The fourth-order valence-corrected chi connectivity index (χ4v) is 8.38. The molecule has 0 aliphatic heterocycles. The van der Waals surface area contributed by atoms with Crippen molar-refractivity contribution in [1.82, 2.24) is 0 Å². The van der Waals surface area contributed by atoms with Crippen LogP contribution >= 0.6 is 24.8 Å². The summed E-state index contributed by atoms with van der Waals surface area (Å²) in [5, 5.41) is 5.37. The summed E-state index contributed by atoms with van der Waals surface area (Å²) in [6.45, 7) is 18.3. The molecule has 8 rings (SSSR count). The molecule has 0 heterocycles. The molecule has 0 atom stereocenters. The molecule has 296 valence electrons. The van der Waals surface area contributed by atoms with E-state index in [1.54, 1.807) is 27.4 Å². The van der Waals surface area contributed by atoms with Crippen LogP contribution in [0.1, 0.15) is 81.3 Å². The minimum absolute atomic E-state index is 0. The zero-order valence-electron chi connectivity index (χ0n) is 35.4. The zero-order chi connectivity index (χ0) is 39.9. The van der Waals surface area contributed by atoms with Crippen LogP contribution in [-0.4, -0.2) is 3.21 Å². The van der Waals surface area contributed by atoms with Crippen LogP contribution in [0.4, 0.5) is 0 Å². The zero-order valence-corrected chi connectivity index (χ0v) is 39.5. The Morgan fingerprint density at radius 1 is 0.569 bits per heavy atom. The molecule has 0 aromatic heterocycles. The Morgan fingerprint density at radius 2 is 0.966 bits per heavy atom. The molecule has 58 heavy (non-hydrogen) atoms. The van der Waals surface area contributed by atoms with Gasteiger partial charge in [-0.3, -0.25) is 6.08 Å². The monoisotopic (exact) mass is 878 g/mol. The van der Waals surface area contributed by atoms with Crippen LogP contribution in [-0.2, 0) is 47.9 Å². The van der Waals surface area contributed by atoms with E-state index in [9.17, 15) is 0 Å². The van der Waals surface area contributed by atoms with Gasteiger partial charge in [-0.1, -0.05) is 113 Å². The summed E-state index contributed by atoms with van der Waals surface area (Å²) in [7, 11) is 0. The Kier molecular flexibility index (Phi) is 16.7. The van der Waals surface area contributed by atoms with E-state index in [0.29, 0.717) is 0 Å². The topological polar surface area (TPSA) is 0 Å². The van der Waals surface area contributed by atoms with Crippen molar-refractivity contribution in [1.29, 1.82) is 0 Å². The van der Waals surface area contributed by atoms with Crippen molar-refractivity contribution in [2.75, 3.05) is 0 Å². The Balaban J connectivity index is 0.000000268. The third kappa shape index (κ3) is 12.3. The molecule has 0 saturated heterocycles.